The molecule has 1 aromatic carbocycles. The van der Waals surface area contributed by atoms with E-state index in [1.54, 1.807) is 0 Å². The zero-order valence-electron chi connectivity index (χ0n) is 12.0. The molecule has 1 aromatic heterocycles. The zero-order chi connectivity index (χ0) is 15.0. The number of rotatable bonds is 4. The van der Waals surface area contributed by atoms with Crippen LogP contribution in [0.25, 0.3) is 0 Å². The first kappa shape index (κ1) is 14.5. The standard InChI is InChI=1S/C16H17ClN2OS/c1-10(13-5-3-4-6-14(13)17)19(12-7-8-12)16(20)15-9-21-11(2)18-15/h3-6,9-10,12H,7-8H2,1-2H3. The quantitative estimate of drug-likeness (QED) is 0.832. The summed E-state index contributed by atoms with van der Waals surface area (Å²) in [5.41, 5.74) is 1.54. The molecule has 0 aliphatic heterocycles. The molecule has 3 nitrogen and oxygen atoms in total. The maximum Gasteiger partial charge on any atom is 0.274 e. The molecule has 1 atom stereocenters. The van der Waals surface area contributed by atoms with E-state index in [1.165, 1.54) is 11.3 Å². The minimum absolute atomic E-state index is 0.00858. The van der Waals surface area contributed by atoms with Gasteiger partial charge in [0.1, 0.15) is 5.69 Å². The third-order valence-electron chi connectivity index (χ3n) is 3.79. The van der Waals surface area contributed by atoms with E-state index in [4.69, 9.17) is 11.6 Å². The Kier molecular flexibility index (Phi) is 4.00. The van der Waals surface area contributed by atoms with Crippen LogP contribution in [0, 0.1) is 6.92 Å². The number of amides is 1. The summed E-state index contributed by atoms with van der Waals surface area (Å²) in [6, 6.07) is 8.00. The Balaban J connectivity index is 1.91. The van der Waals surface area contributed by atoms with Crippen LogP contribution in [0.15, 0.2) is 29.6 Å². The van der Waals surface area contributed by atoms with Crippen molar-refractivity contribution >= 4 is 28.8 Å². The molecule has 110 valence electrons. The summed E-state index contributed by atoms with van der Waals surface area (Å²) in [6.45, 7) is 3.96. The van der Waals surface area contributed by atoms with Gasteiger partial charge in [0.05, 0.1) is 11.0 Å². The molecule has 0 N–H and O–H groups in total. The Morgan fingerprint density at radius 2 is 2.14 bits per heavy atom. The third-order valence-corrected chi connectivity index (χ3v) is 4.90. The molecule has 1 saturated carbocycles. The monoisotopic (exact) mass is 320 g/mol. The van der Waals surface area contributed by atoms with Gasteiger partial charge in [-0.2, -0.15) is 0 Å². The predicted octanol–water partition coefficient (Wildman–Crippen LogP) is 4.47. The van der Waals surface area contributed by atoms with Crippen LogP contribution < -0.4 is 0 Å². The van der Waals surface area contributed by atoms with Crippen molar-refractivity contribution in [3.8, 4) is 0 Å². The predicted molar refractivity (Wildman–Crippen MR) is 85.9 cm³/mol. The molecule has 21 heavy (non-hydrogen) atoms. The van der Waals surface area contributed by atoms with Crippen LogP contribution in [-0.4, -0.2) is 21.8 Å². The van der Waals surface area contributed by atoms with Crippen molar-refractivity contribution in [3.63, 3.8) is 0 Å². The molecule has 3 rings (SSSR count). The highest BCUT2D eigenvalue weighted by Gasteiger charge is 2.37. The van der Waals surface area contributed by atoms with Gasteiger partial charge in [-0.15, -0.1) is 11.3 Å². The van der Waals surface area contributed by atoms with Crippen molar-refractivity contribution in [2.75, 3.05) is 0 Å². The van der Waals surface area contributed by atoms with E-state index in [0.29, 0.717) is 16.8 Å². The summed E-state index contributed by atoms with van der Waals surface area (Å²) in [6.07, 6.45) is 2.12. The van der Waals surface area contributed by atoms with Gasteiger partial charge in [0.25, 0.3) is 5.91 Å². The molecule has 1 unspecified atom stereocenters. The second-order valence-corrected chi connectivity index (χ2v) is 6.86. The lowest BCUT2D eigenvalue weighted by atomic mass is 10.1. The smallest absolute Gasteiger partial charge is 0.274 e. The largest absolute Gasteiger partial charge is 0.327 e. The molecular weight excluding hydrogens is 304 g/mol. The molecule has 0 bridgehead atoms. The maximum absolute atomic E-state index is 12.8. The average Bonchev–Trinajstić information content (AvgIpc) is 3.20. The number of thiazole rings is 1. The van der Waals surface area contributed by atoms with E-state index in [9.17, 15) is 4.79 Å². The number of hydrogen-bond donors (Lipinski definition) is 0. The van der Waals surface area contributed by atoms with Crippen LogP contribution in [0.1, 0.15) is 46.9 Å². The Hall–Kier alpha value is -1.39. The number of aromatic nitrogens is 1. The summed E-state index contributed by atoms with van der Waals surface area (Å²) < 4.78 is 0. The van der Waals surface area contributed by atoms with Gasteiger partial charge in [-0.05, 0) is 38.3 Å². The van der Waals surface area contributed by atoms with Crippen LogP contribution >= 0.6 is 22.9 Å². The SMILES string of the molecule is Cc1nc(C(=O)N(C2CC2)C(C)c2ccccc2Cl)cs1. The zero-order valence-corrected chi connectivity index (χ0v) is 13.6. The first-order valence-corrected chi connectivity index (χ1v) is 8.33. The van der Waals surface area contributed by atoms with Crippen LogP contribution in [0.2, 0.25) is 5.02 Å². The molecule has 1 heterocycles. The molecular formula is C16H17ClN2OS. The van der Waals surface area contributed by atoms with E-state index in [-0.39, 0.29) is 11.9 Å². The highest BCUT2D eigenvalue weighted by molar-refractivity contribution is 7.09. The topological polar surface area (TPSA) is 33.2 Å². The van der Waals surface area contributed by atoms with Gasteiger partial charge in [0.2, 0.25) is 0 Å². The lowest BCUT2D eigenvalue weighted by Gasteiger charge is -2.29. The van der Waals surface area contributed by atoms with E-state index in [2.05, 4.69) is 4.98 Å². The Labute approximate surface area is 133 Å². The van der Waals surface area contributed by atoms with Crippen molar-refractivity contribution in [1.29, 1.82) is 0 Å². The first-order chi connectivity index (χ1) is 10.1. The summed E-state index contributed by atoms with van der Waals surface area (Å²) >= 11 is 7.80. The van der Waals surface area contributed by atoms with Crippen molar-refractivity contribution in [2.24, 2.45) is 0 Å². The Morgan fingerprint density at radius 1 is 1.43 bits per heavy atom. The molecule has 1 aliphatic carbocycles. The molecule has 0 radical (unpaired) electrons. The Bertz CT molecular complexity index is 666. The van der Waals surface area contributed by atoms with Crippen molar-refractivity contribution < 1.29 is 4.79 Å². The summed E-state index contributed by atoms with van der Waals surface area (Å²) in [7, 11) is 0. The van der Waals surface area contributed by atoms with E-state index in [0.717, 1.165) is 23.4 Å². The van der Waals surface area contributed by atoms with Crippen molar-refractivity contribution in [3.05, 3.63) is 50.9 Å². The van der Waals surface area contributed by atoms with Gasteiger partial charge < -0.3 is 4.90 Å². The number of carbonyl (C=O) groups excluding carboxylic acids is 1. The fourth-order valence-corrected chi connectivity index (χ4v) is 3.45. The second kappa shape index (κ2) is 5.78. The number of hydrogen-bond acceptors (Lipinski definition) is 3. The van der Waals surface area contributed by atoms with Crippen LogP contribution in [0.4, 0.5) is 0 Å². The highest BCUT2D eigenvalue weighted by Crippen LogP contribution is 2.37. The fourth-order valence-electron chi connectivity index (χ4n) is 2.57. The average molecular weight is 321 g/mol. The van der Waals surface area contributed by atoms with Crippen LogP contribution in [0.5, 0.6) is 0 Å². The van der Waals surface area contributed by atoms with Crippen molar-refractivity contribution in [1.82, 2.24) is 9.88 Å². The normalized spacial score (nSPS) is 15.8. The number of benzene rings is 1. The van der Waals surface area contributed by atoms with E-state index >= 15 is 0 Å². The molecule has 2 aromatic rings. The number of aryl methyl sites for hydroxylation is 1. The number of nitrogens with zero attached hydrogens (tertiary/aromatic N) is 2. The molecule has 1 aliphatic rings. The second-order valence-electron chi connectivity index (χ2n) is 5.39. The summed E-state index contributed by atoms with van der Waals surface area (Å²) in [4.78, 5) is 19.1. The van der Waals surface area contributed by atoms with Gasteiger partial charge in [-0.3, -0.25) is 4.79 Å². The summed E-state index contributed by atoms with van der Waals surface area (Å²) in [5.74, 6) is 0.00858. The van der Waals surface area contributed by atoms with Gasteiger partial charge >= 0.3 is 0 Å². The van der Waals surface area contributed by atoms with Crippen LogP contribution in [-0.2, 0) is 0 Å². The Morgan fingerprint density at radius 3 is 2.71 bits per heavy atom. The molecule has 1 amide bonds. The minimum Gasteiger partial charge on any atom is -0.327 e. The number of halogens is 1. The minimum atomic E-state index is -0.0410. The van der Waals surface area contributed by atoms with Gasteiger partial charge in [0.15, 0.2) is 0 Å². The van der Waals surface area contributed by atoms with Gasteiger partial charge in [-0.1, -0.05) is 29.8 Å². The third kappa shape index (κ3) is 2.97. The molecule has 1 fully saturated rings. The van der Waals surface area contributed by atoms with Gasteiger partial charge in [-0.25, -0.2) is 4.98 Å². The highest BCUT2D eigenvalue weighted by atomic mass is 35.5. The van der Waals surface area contributed by atoms with Crippen molar-refractivity contribution in [2.45, 2.75) is 38.8 Å². The first-order valence-electron chi connectivity index (χ1n) is 7.07. The molecule has 5 heteroatoms. The molecule has 0 saturated heterocycles. The fraction of sp³-hybridized carbons (Fsp3) is 0.375. The lowest BCUT2D eigenvalue weighted by Crippen LogP contribution is -2.35. The van der Waals surface area contributed by atoms with E-state index in [1.807, 2.05) is 48.4 Å². The molecule has 0 spiro atoms. The van der Waals surface area contributed by atoms with E-state index < -0.39 is 0 Å². The number of carbonyl (C=O) groups is 1. The van der Waals surface area contributed by atoms with Gasteiger partial charge in [0, 0.05) is 16.4 Å². The maximum atomic E-state index is 12.8. The lowest BCUT2D eigenvalue weighted by molar-refractivity contribution is 0.0668. The summed E-state index contributed by atoms with van der Waals surface area (Å²) in [5, 5.41) is 3.46. The van der Waals surface area contributed by atoms with Crippen LogP contribution in [0.3, 0.4) is 0 Å².